The van der Waals surface area contributed by atoms with E-state index in [2.05, 4.69) is 43.2 Å². The summed E-state index contributed by atoms with van der Waals surface area (Å²) < 4.78 is 1.89. The highest BCUT2D eigenvalue weighted by molar-refractivity contribution is 6.09. The molecule has 5 heteroatoms. The van der Waals surface area contributed by atoms with Crippen LogP contribution in [-0.2, 0) is 0 Å². The molecule has 0 spiro atoms. The first-order valence-electron chi connectivity index (χ1n) is 9.65. The van der Waals surface area contributed by atoms with Crippen molar-refractivity contribution in [3.8, 4) is 0 Å². The van der Waals surface area contributed by atoms with Crippen molar-refractivity contribution in [1.82, 2.24) is 14.8 Å². The van der Waals surface area contributed by atoms with Gasteiger partial charge in [0.2, 0.25) is 0 Å². The van der Waals surface area contributed by atoms with Gasteiger partial charge in [0, 0.05) is 23.7 Å². The van der Waals surface area contributed by atoms with Crippen molar-refractivity contribution in [3.63, 3.8) is 0 Å². The van der Waals surface area contributed by atoms with Crippen LogP contribution < -0.4 is 4.90 Å². The number of benzene rings is 2. The molecule has 0 N–H and O–H groups in total. The van der Waals surface area contributed by atoms with E-state index in [4.69, 9.17) is 4.98 Å². The van der Waals surface area contributed by atoms with Gasteiger partial charge in [-0.15, -0.1) is 0 Å². The number of amides is 1. The van der Waals surface area contributed by atoms with Crippen LogP contribution in [0, 0.1) is 6.92 Å². The van der Waals surface area contributed by atoms with Gasteiger partial charge in [0.25, 0.3) is 5.91 Å². The first kappa shape index (κ1) is 18.2. The zero-order chi connectivity index (χ0) is 19.8. The number of carbonyl (C=O) groups excluding carboxylic acids is 1. The monoisotopic (exact) mass is 372 g/mol. The van der Waals surface area contributed by atoms with Crippen LogP contribution in [0.25, 0.3) is 21.8 Å². The molecule has 0 aliphatic heterocycles. The van der Waals surface area contributed by atoms with Gasteiger partial charge in [0.1, 0.15) is 0 Å². The molecule has 28 heavy (non-hydrogen) atoms. The summed E-state index contributed by atoms with van der Waals surface area (Å²) in [5.74, 6) is -0.0398. The lowest BCUT2D eigenvalue weighted by molar-refractivity contribution is 0.0987. The molecule has 2 aromatic heterocycles. The lowest BCUT2D eigenvalue weighted by Gasteiger charge is -2.22. The van der Waals surface area contributed by atoms with Crippen molar-refractivity contribution < 1.29 is 4.79 Å². The van der Waals surface area contributed by atoms with E-state index < -0.39 is 0 Å². The molecule has 1 amide bonds. The molecule has 0 saturated carbocycles. The molecule has 0 aliphatic carbocycles. The molecule has 5 nitrogen and oxygen atoms in total. The first-order valence-corrected chi connectivity index (χ1v) is 9.65. The van der Waals surface area contributed by atoms with Crippen LogP contribution in [0.4, 0.5) is 5.69 Å². The zero-order valence-electron chi connectivity index (χ0n) is 16.7. The zero-order valence-corrected chi connectivity index (χ0v) is 16.7. The van der Waals surface area contributed by atoms with Crippen molar-refractivity contribution in [1.29, 1.82) is 0 Å². The number of fused-ring (bicyclic) bond motifs is 2. The Morgan fingerprint density at radius 3 is 2.54 bits per heavy atom. The summed E-state index contributed by atoms with van der Waals surface area (Å²) in [5, 5.41) is 7.59. The number of hydrogen-bond donors (Lipinski definition) is 0. The van der Waals surface area contributed by atoms with Crippen molar-refractivity contribution in [2.45, 2.75) is 33.7 Å². The Labute approximate surface area is 164 Å². The Balaban J connectivity index is 1.76. The van der Waals surface area contributed by atoms with Crippen molar-refractivity contribution >= 4 is 33.4 Å². The van der Waals surface area contributed by atoms with Crippen molar-refractivity contribution in [2.24, 2.45) is 0 Å². The van der Waals surface area contributed by atoms with Crippen LogP contribution in [0.1, 0.15) is 42.9 Å². The summed E-state index contributed by atoms with van der Waals surface area (Å²) >= 11 is 0. The molecular formula is C23H24N4O. The molecule has 0 atom stereocenters. The van der Waals surface area contributed by atoms with Crippen LogP contribution >= 0.6 is 0 Å². The Morgan fingerprint density at radius 2 is 1.82 bits per heavy atom. The Hall–Kier alpha value is -3.21. The molecule has 4 aromatic rings. The van der Waals surface area contributed by atoms with E-state index >= 15 is 0 Å². The molecule has 0 saturated heterocycles. The fourth-order valence-electron chi connectivity index (χ4n) is 3.59. The molecule has 2 heterocycles. The number of hydrogen-bond acceptors (Lipinski definition) is 3. The summed E-state index contributed by atoms with van der Waals surface area (Å²) in [6, 6.07) is 16.4. The van der Waals surface area contributed by atoms with Gasteiger partial charge in [-0.1, -0.05) is 30.3 Å². The maximum atomic E-state index is 13.4. The van der Waals surface area contributed by atoms with E-state index in [0.29, 0.717) is 12.1 Å². The molecular weight excluding hydrogens is 348 g/mol. The number of rotatable bonds is 4. The first-order chi connectivity index (χ1) is 13.5. The fraction of sp³-hybridized carbons (Fsp3) is 0.261. The van der Waals surface area contributed by atoms with Crippen molar-refractivity contribution in [3.05, 3.63) is 66.0 Å². The number of aryl methyl sites for hydroxylation is 1. The summed E-state index contributed by atoms with van der Waals surface area (Å²) in [6.45, 7) is 8.60. The average Bonchev–Trinajstić information content (AvgIpc) is 3.10. The predicted octanol–water partition coefficient (Wildman–Crippen LogP) is 5.14. The molecule has 0 radical (unpaired) electrons. The molecule has 4 rings (SSSR count). The quantitative estimate of drug-likeness (QED) is 0.498. The van der Waals surface area contributed by atoms with Gasteiger partial charge in [0.15, 0.2) is 5.65 Å². The minimum atomic E-state index is -0.0398. The van der Waals surface area contributed by atoms with Crippen molar-refractivity contribution in [2.75, 3.05) is 11.4 Å². The number of aromatic nitrogens is 3. The Bertz CT molecular complexity index is 1180. The lowest BCUT2D eigenvalue weighted by Crippen LogP contribution is -2.31. The number of anilines is 1. The van der Waals surface area contributed by atoms with E-state index in [1.54, 1.807) is 11.1 Å². The highest BCUT2D eigenvalue weighted by Gasteiger charge is 2.21. The topological polar surface area (TPSA) is 51.0 Å². The van der Waals surface area contributed by atoms with Gasteiger partial charge < -0.3 is 4.90 Å². The second-order valence-electron chi connectivity index (χ2n) is 7.30. The van der Waals surface area contributed by atoms with Gasteiger partial charge in [-0.2, -0.15) is 5.10 Å². The summed E-state index contributed by atoms with van der Waals surface area (Å²) in [4.78, 5) is 19.9. The predicted molar refractivity (Wildman–Crippen MR) is 114 cm³/mol. The summed E-state index contributed by atoms with van der Waals surface area (Å²) in [5.41, 5.74) is 3.05. The minimum Gasteiger partial charge on any atom is -0.309 e. The third-order valence-corrected chi connectivity index (χ3v) is 5.09. The number of carbonyl (C=O) groups is 1. The van der Waals surface area contributed by atoms with E-state index in [9.17, 15) is 4.79 Å². The van der Waals surface area contributed by atoms with Crippen LogP contribution in [0.2, 0.25) is 0 Å². The highest BCUT2D eigenvalue weighted by atomic mass is 16.2. The second kappa shape index (κ2) is 7.08. The summed E-state index contributed by atoms with van der Waals surface area (Å²) in [7, 11) is 0. The maximum Gasteiger partial charge on any atom is 0.260 e. The maximum absolute atomic E-state index is 13.4. The van der Waals surface area contributed by atoms with Gasteiger partial charge in [-0.05, 0) is 56.7 Å². The van der Waals surface area contributed by atoms with Crippen LogP contribution in [0.15, 0.2) is 54.7 Å². The largest absolute Gasteiger partial charge is 0.309 e. The third-order valence-electron chi connectivity index (χ3n) is 5.09. The van der Waals surface area contributed by atoms with Gasteiger partial charge in [-0.25, -0.2) is 9.67 Å². The van der Waals surface area contributed by atoms with Crippen LogP contribution in [0.3, 0.4) is 0 Å². The van der Waals surface area contributed by atoms with E-state index in [0.717, 1.165) is 33.2 Å². The Morgan fingerprint density at radius 1 is 1.07 bits per heavy atom. The molecule has 0 fully saturated rings. The number of pyridine rings is 1. The van der Waals surface area contributed by atoms with Gasteiger partial charge >= 0.3 is 0 Å². The molecule has 0 bridgehead atoms. The van der Waals surface area contributed by atoms with Crippen LogP contribution in [0.5, 0.6) is 0 Å². The molecule has 0 unspecified atom stereocenters. The lowest BCUT2D eigenvalue weighted by atomic mass is 10.1. The van der Waals surface area contributed by atoms with E-state index in [1.165, 1.54) is 0 Å². The standard InChI is InChI=1S/C23H24N4O/c1-5-26(20-11-10-17-8-6-7-9-18(17)12-20)23(28)21-13-19-14-24-27(15(2)3)22(19)25-16(21)4/h6-15H,5H2,1-4H3. The van der Waals surface area contributed by atoms with Gasteiger partial charge in [0.05, 0.1) is 17.5 Å². The summed E-state index contributed by atoms with van der Waals surface area (Å²) in [6.07, 6.45) is 1.78. The normalized spacial score (nSPS) is 11.5. The fourth-order valence-corrected chi connectivity index (χ4v) is 3.59. The van der Waals surface area contributed by atoms with E-state index in [1.807, 2.05) is 42.8 Å². The molecule has 0 aliphatic rings. The molecule has 142 valence electrons. The smallest absolute Gasteiger partial charge is 0.260 e. The minimum absolute atomic E-state index is 0.0398. The third kappa shape index (κ3) is 3.03. The van der Waals surface area contributed by atoms with Gasteiger partial charge in [-0.3, -0.25) is 4.79 Å². The highest BCUT2D eigenvalue weighted by Crippen LogP contribution is 2.25. The molecule has 2 aromatic carbocycles. The average molecular weight is 372 g/mol. The second-order valence-corrected chi connectivity index (χ2v) is 7.30. The number of nitrogens with zero attached hydrogens (tertiary/aromatic N) is 4. The van der Waals surface area contributed by atoms with E-state index in [-0.39, 0.29) is 11.9 Å². The Kier molecular flexibility index (Phi) is 4.59. The van der Waals surface area contributed by atoms with Crippen LogP contribution in [-0.4, -0.2) is 27.2 Å². The SMILES string of the molecule is CCN(C(=O)c1cc2cnn(C(C)C)c2nc1C)c1ccc2ccccc2c1.